The summed E-state index contributed by atoms with van der Waals surface area (Å²) in [5.41, 5.74) is 2.38. The number of carboxylic acid groups (broad SMARTS) is 1. The number of hydrogen-bond acceptors (Lipinski definition) is 9. The standard InChI is InChI=1S/C23H28FN7O4/c1-13(2)20-18(10-9-16(32)11-17(33)12-19(34)35)21(14-5-7-15(24)8-6-14)26-22(25-20)30(3)23-27-28-29-31(23)4/h5-10,13,16-17,32-33H,11-12H2,1-4H3,(H,34,35)/b10-9+/t16-,17-/m1/s1. The zero-order chi connectivity index (χ0) is 25.7. The van der Waals surface area contributed by atoms with Crippen LogP contribution in [0.3, 0.4) is 0 Å². The molecule has 3 rings (SSSR count). The Morgan fingerprint density at radius 1 is 1.20 bits per heavy atom. The van der Waals surface area contributed by atoms with E-state index >= 15 is 0 Å². The number of aliphatic hydroxyl groups excluding tert-OH is 2. The Balaban J connectivity index is 2.09. The van der Waals surface area contributed by atoms with Crippen LogP contribution >= 0.6 is 0 Å². The molecule has 2 atom stereocenters. The van der Waals surface area contributed by atoms with Crippen LogP contribution < -0.4 is 4.90 Å². The molecular weight excluding hydrogens is 457 g/mol. The average molecular weight is 486 g/mol. The van der Waals surface area contributed by atoms with E-state index in [-0.39, 0.29) is 12.3 Å². The van der Waals surface area contributed by atoms with Crippen LogP contribution in [0.5, 0.6) is 0 Å². The topological polar surface area (TPSA) is 150 Å². The van der Waals surface area contributed by atoms with Crippen molar-refractivity contribution in [3.63, 3.8) is 0 Å². The molecule has 0 unspecified atom stereocenters. The highest BCUT2D eigenvalue weighted by Crippen LogP contribution is 2.32. The van der Waals surface area contributed by atoms with Crippen molar-refractivity contribution in [1.82, 2.24) is 30.2 Å². The SMILES string of the molecule is CC(C)c1nc(N(C)c2nnnn2C)nc(-c2ccc(F)cc2)c1/C=C/[C@@H](O)C[C@@H](O)CC(=O)O. The number of tetrazole rings is 1. The molecular formula is C23H28FN7O4. The van der Waals surface area contributed by atoms with Crippen molar-refractivity contribution in [3.8, 4) is 11.3 Å². The van der Waals surface area contributed by atoms with Gasteiger partial charge in [0, 0.05) is 31.6 Å². The number of carbonyl (C=O) groups is 1. The number of aliphatic hydroxyl groups is 2. The van der Waals surface area contributed by atoms with Gasteiger partial charge in [-0.15, -0.1) is 0 Å². The number of aryl methyl sites for hydroxylation is 1. The van der Waals surface area contributed by atoms with E-state index in [9.17, 15) is 19.4 Å². The van der Waals surface area contributed by atoms with Crippen LogP contribution in [0.1, 0.15) is 43.9 Å². The molecule has 0 bridgehead atoms. The van der Waals surface area contributed by atoms with E-state index in [0.717, 1.165) is 0 Å². The van der Waals surface area contributed by atoms with Gasteiger partial charge in [0.1, 0.15) is 5.82 Å². The van der Waals surface area contributed by atoms with Gasteiger partial charge in [-0.05, 0) is 40.6 Å². The lowest BCUT2D eigenvalue weighted by Gasteiger charge is -2.20. The van der Waals surface area contributed by atoms with Crippen LogP contribution in [0.4, 0.5) is 16.3 Å². The maximum Gasteiger partial charge on any atom is 0.305 e. The Labute approximate surface area is 201 Å². The summed E-state index contributed by atoms with van der Waals surface area (Å²) in [6, 6.07) is 5.85. The van der Waals surface area contributed by atoms with Crippen molar-refractivity contribution in [2.24, 2.45) is 7.05 Å². The molecule has 0 aliphatic rings. The second-order valence-corrected chi connectivity index (χ2v) is 8.41. The average Bonchev–Trinajstić information content (AvgIpc) is 3.22. The molecule has 0 aliphatic heterocycles. The molecule has 11 nitrogen and oxygen atoms in total. The quantitative estimate of drug-likeness (QED) is 0.390. The highest BCUT2D eigenvalue weighted by atomic mass is 19.1. The van der Waals surface area contributed by atoms with Gasteiger partial charge in [0.25, 0.3) is 5.95 Å². The third kappa shape index (κ3) is 6.43. The van der Waals surface area contributed by atoms with E-state index in [2.05, 4.69) is 15.5 Å². The van der Waals surface area contributed by atoms with Crippen molar-refractivity contribution < 1.29 is 24.5 Å². The Hall–Kier alpha value is -3.77. The summed E-state index contributed by atoms with van der Waals surface area (Å²) in [7, 11) is 3.41. The van der Waals surface area contributed by atoms with E-state index in [1.165, 1.54) is 22.9 Å². The summed E-state index contributed by atoms with van der Waals surface area (Å²) in [6.45, 7) is 3.91. The Morgan fingerprint density at radius 3 is 2.46 bits per heavy atom. The summed E-state index contributed by atoms with van der Waals surface area (Å²) >= 11 is 0. The third-order valence-electron chi connectivity index (χ3n) is 5.23. The van der Waals surface area contributed by atoms with Gasteiger partial charge in [-0.25, -0.2) is 19.0 Å². The van der Waals surface area contributed by atoms with Gasteiger partial charge >= 0.3 is 5.97 Å². The lowest BCUT2D eigenvalue weighted by molar-refractivity contribution is -0.139. The van der Waals surface area contributed by atoms with Gasteiger partial charge in [0.05, 0.1) is 30.0 Å². The summed E-state index contributed by atoms with van der Waals surface area (Å²) < 4.78 is 15.1. The zero-order valence-corrected chi connectivity index (χ0v) is 19.9. The highest BCUT2D eigenvalue weighted by Gasteiger charge is 2.22. The lowest BCUT2D eigenvalue weighted by atomic mass is 9.97. The fourth-order valence-electron chi connectivity index (χ4n) is 3.50. The first-order valence-corrected chi connectivity index (χ1v) is 11.0. The number of carboxylic acids is 1. The maximum atomic E-state index is 13.6. The van der Waals surface area contributed by atoms with E-state index in [0.29, 0.717) is 34.4 Å². The second kappa shape index (κ2) is 11.1. The van der Waals surface area contributed by atoms with Crippen LogP contribution in [-0.2, 0) is 11.8 Å². The van der Waals surface area contributed by atoms with Gasteiger partial charge in [0.2, 0.25) is 5.95 Å². The molecule has 3 aromatic rings. The van der Waals surface area contributed by atoms with Gasteiger partial charge in [-0.3, -0.25) is 9.69 Å². The molecule has 0 fully saturated rings. The molecule has 0 aliphatic carbocycles. The maximum absolute atomic E-state index is 13.6. The van der Waals surface area contributed by atoms with Crippen molar-refractivity contribution in [3.05, 3.63) is 47.4 Å². The molecule has 1 aromatic carbocycles. The number of rotatable bonds is 10. The molecule has 35 heavy (non-hydrogen) atoms. The number of hydrogen-bond donors (Lipinski definition) is 3. The number of aliphatic carboxylic acids is 1. The first-order chi connectivity index (χ1) is 16.6. The highest BCUT2D eigenvalue weighted by molar-refractivity contribution is 5.75. The number of benzene rings is 1. The number of aromatic nitrogens is 6. The minimum absolute atomic E-state index is 0.0589. The molecule has 2 aromatic heterocycles. The largest absolute Gasteiger partial charge is 0.481 e. The van der Waals surface area contributed by atoms with E-state index < -0.39 is 30.4 Å². The fourth-order valence-corrected chi connectivity index (χ4v) is 3.50. The first kappa shape index (κ1) is 25.8. The molecule has 0 radical (unpaired) electrons. The van der Waals surface area contributed by atoms with Crippen molar-refractivity contribution >= 4 is 23.9 Å². The summed E-state index contributed by atoms with van der Waals surface area (Å²) in [4.78, 5) is 21.9. The van der Waals surface area contributed by atoms with Crippen LogP contribution in [0.2, 0.25) is 0 Å². The monoisotopic (exact) mass is 485 g/mol. The van der Waals surface area contributed by atoms with E-state index in [1.54, 1.807) is 37.2 Å². The van der Waals surface area contributed by atoms with Crippen LogP contribution in [-0.4, -0.2) is 70.7 Å². The zero-order valence-electron chi connectivity index (χ0n) is 19.9. The van der Waals surface area contributed by atoms with Crippen LogP contribution in [0, 0.1) is 5.82 Å². The molecule has 0 amide bonds. The van der Waals surface area contributed by atoms with Gasteiger partial charge in [-0.1, -0.05) is 31.1 Å². The molecule has 12 heteroatoms. The molecule has 2 heterocycles. The summed E-state index contributed by atoms with van der Waals surface area (Å²) in [6.07, 6.45) is 0.188. The molecule has 0 saturated heterocycles. The Kier molecular flexibility index (Phi) is 8.20. The molecule has 3 N–H and O–H groups in total. The minimum Gasteiger partial charge on any atom is -0.481 e. The van der Waals surface area contributed by atoms with Gasteiger partial charge < -0.3 is 15.3 Å². The predicted molar refractivity (Wildman–Crippen MR) is 126 cm³/mol. The van der Waals surface area contributed by atoms with Gasteiger partial charge in [-0.2, -0.15) is 0 Å². The van der Waals surface area contributed by atoms with Crippen molar-refractivity contribution in [2.75, 3.05) is 11.9 Å². The first-order valence-electron chi connectivity index (χ1n) is 11.0. The van der Waals surface area contributed by atoms with Crippen molar-refractivity contribution in [2.45, 2.75) is 44.8 Å². The third-order valence-corrected chi connectivity index (χ3v) is 5.23. The van der Waals surface area contributed by atoms with E-state index in [1.807, 2.05) is 13.8 Å². The number of halogens is 1. The number of anilines is 2. The summed E-state index contributed by atoms with van der Waals surface area (Å²) in [5.74, 6) is -0.873. The van der Waals surface area contributed by atoms with Crippen LogP contribution in [0.25, 0.3) is 17.3 Å². The predicted octanol–water partition coefficient (Wildman–Crippen LogP) is 2.30. The van der Waals surface area contributed by atoms with Crippen molar-refractivity contribution in [1.29, 1.82) is 0 Å². The second-order valence-electron chi connectivity index (χ2n) is 8.41. The molecule has 0 saturated carbocycles. The fraction of sp³-hybridized carbons (Fsp3) is 0.391. The number of nitrogens with zero attached hydrogens (tertiary/aromatic N) is 7. The minimum atomic E-state index is -1.19. The molecule has 186 valence electrons. The molecule has 0 spiro atoms. The Bertz CT molecular complexity index is 1200. The Morgan fingerprint density at radius 2 is 1.89 bits per heavy atom. The van der Waals surface area contributed by atoms with Gasteiger partial charge in [0.15, 0.2) is 0 Å². The smallest absolute Gasteiger partial charge is 0.305 e. The lowest BCUT2D eigenvalue weighted by Crippen LogP contribution is -2.20. The van der Waals surface area contributed by atoms with E-state index in [4.69, 9.17) is 15.1 Å². The normalized spacial score (nSPS) is 13.4. The summed E-state index contributed by atoms with van der Waals surface area (Å²) in [5, 5.41) is 40.5. The van der Waals surface area contributed by atoms with Crippen LogP contribution in [0.15, 0.2) is 30.3 Å².